The number of nitrogens with zero attached hydrogens (tertiary/aromatic N) is 4. The van der Waals surface area contributed by atoms with E-state index in [1.807, 2.05) is 48.5 Å². The zero-order valence-corrected chi connectivity index (χ0v) is 14.4. The second kappa shape index (κ2) is 6.22. The highest BCUT2D eigenvalue weighted by atomic mass is 35.5. The number of aromatic nitrogens is 4. The number of methoxy groups -OCH3 is 1. The molecule has 0 fully saturated rings. The van der Waals surface area contributed by atoms with Crippen LogP contribution in [-0.4, -0.2) is 26.9 Å². The lowest BCUT2D eigenvalue weighted by Crippen LogP contribution is -1.97. The van der Waals surface area contributed by atoms with Gasteiger partial charge in [-0.15, -0.1) is 10.2 Å². The molecule has 0 aliphatic carbocycles. The third kappa shape index (κ3) is 2.86. The average molecular weight is 357 g/mol. The molecule has 0 saturated carbocycles. The second-order valence-electron chi connectivity index (χ2n) is 5.25. The van der Waals surface area contributed by atoms with Crippen molar-refractivity contribution in [2.75, 3.05) is 7.11 Å². The summed E-state index contributed by atoms with van der Waals surface area (Å²) in [6.45, 7) is 0. The zero-order chi connectivity index (χ0) is 16.5. The minimum Gasteiger partial charge on any atom is -0.497 e. The molecule has 2 heterocycles. The van der Waals surface area contributed by atoms with Crippen LogP contribution in [0.2, 0.25) is 5.02 Å². The van der Waals surface area contributed by atoms with Crippen molar-refractivity contribution in [3.05, 3.63) is 64.9 Å². The first-order valence-corrected chi connectivity index (χ1v) is 8.52. The van der Waals surface area contributed by atoms with Crippen molar-refractivity contribution in [1.82, 2.24) is 19.8 Å². The van der Waals surface area contributed by atoms with Crippen LogP contribution in [0.1, 0.15) is 11.4 Å². The number of benzene rings is 2. The van der Waals surface area contributed by atoms with Crippen LogP contribution in [-0.2, 0) is 6.42 Å². The molecule has 0 spiro atoms. The minimum absolute atomic E-state index is 0.652. The molecule has 4 aromatic rings. The highest BCUT2D eigenvalue weighted by Gasteiger charge is 2.13. The summed E-state index contributed by atoms with van der Waals surface area (Å²) in [5, 5.41) is 14.7. The molecular formula is C17H13ClN4OS. The van der Waals surface area contributed by atoms with E-state index in [9.17, 15) is 0 Å². The first kappa shape index (κ1) is 15.1. The maximum atomic E-state index is 5.93. The number of hydrogen-bond donors (Lipinski definition) is 0. The van der Waals surface area contributed by atoms with Crippen LogP contribution in [0.3, 0.4) is 0 Å². The van der Waals surface area contributed by atoms with E-state index in [-0.39, 0.29) is 0 Å². The number of fused-ring (bicyclic) bond motifs is 1. The molecule has 4 rings (SSSR count). The smallest absolute Gasteiger partial charge is 0.234 e. The predicted octanol–water partition coefficient (Wildman–Crippen LogP) is 4.11. The van der Waals surface area contributed by atoms with Gasteiger partial charge in [-0.25, -0.2) is 0 Å². The van der Waals surface area contributed by atoms with Gasteiger partial charge in [-0.2, -0.15) is 9.61 Å². The summed E-state index contributed by atoms with van der Waals surface area (Å²) >= 11 is 7.44. The second-order valence-corrected chi connectivity index (χ2v) is 6.65. The molecule has 0 aliphatic heterocycles. The van der Waals surface area contributed by atoms with Gasteiger partial charge in [0.1, 0.15) is 10.8 Å². The van der Waals surface area contributed by atoms with Crippen LogP contribution < -0.4 is 4.74 Å². The van der Waals surface area contributed by atoms with Crippen molar-refractivity contribution in [3.8, 4) is 16.3 Å². The zero-order valence-electron chi connectivity index (χ0n) is 12.8. The number of rotatable bonds is 4. The number of ether oxygens (including phenoxy) is 1. The Labute approximate surface area is 147 Å². The topological polar surface area (TPSA) is 52.3 Å². The Morgan fingerprint density at radius 2 is 1.96 bits per heavy atom. The standard InChI is InChI=1S/C17H13ClN4OS/c1-23-14-4-2-3-12(10-14)16-21-22-15(19-20-17(22)24-16)9-11-5-7-13(18)8-6-11/h2-8,10H,9H2,1H3. The van der Waals surface area contributed by atoms with Crippen molar-refractivity contribution < 1.29 is 4.74 Å². The van der Waals surface area contributed by atoms with Gasteiger partial charge in [0.05, 0.1) is 7.11 Å². The third-order valence-corrected chi connectivity index (χ3v) is 4.85. The molecule has 0 radical (unpaired) electrons. The van der Waals surface area contributed by atoms with Gasteiger partial charge in [-0.05, 0) is 29.8 Å². The number of halogens is 1. The minimum atomic E-state index is 0.652. The molecule has 2 aromatic carbocycles. The SMILES string of the molecule is COc1cccc(-c2nn3c(Cc4ccc(Cl)cc4)nnc3s2)c1. The third-order valence-electron chi connectivity index (χ3n) is 3.65. The molecule has 0 N–H and O–H groups in total. The lowest BCUT2D eigenvalue weighted by Gasteiger charge is -2.01. The molecule has 0 unspecified atom stereocenters. The summed E-state index contributed by atoms with van der Waals surface area (Å²) in [7, 11) is 1.65. The van der Waals surface area contributed by atoms with E-state index in [2.05, 4.69) is 15.3 Å². The van der Waals surface area contributed by atoms with E-state index >= 15 is 0 Å². The van der Waals surface area contributed by atoms with E-state index in [1.54, 1.807) is 11.6 Å². The van der Waals surface area contributed by atoms with Crippen LogP contribution in [0, 0.1) is 0 Å². The van der Waals surface area contributed by atoms with Crippen molar-refractivity contribution in [1.29, 1.82) is 0 Å². The lowest BCUT2D eigenvalue weighted by atomic mass is 10.1. The van der Waals surface area contributed by atoms with E-state index < -0.39 is 0 Å². The molecule has 7 heteroatoms. The quantitative estimate of drug-likeness (QED) is 0.552. The summed E-state index contributed by atoms with van der Waals surface area (Å²) in [6.07, 6.45) is 0.652. The Kier molecular flexibility index (Phi) is 3.92. The van der Waals surface area contributed by atoms with Crippen molar-refractivity contribution >= 4 is 27.9 Å². The van der Waals surface area contributed by atoms with Crippen LogP contribution in [0.5, 0.6) is 5.75 Å². The monoisotopic (exact) mass is 356 g/mol. The van der Waals surface area contributed by atoms with Crippen molar-refractivity contribution in [2.45, 2.75) is 6.42 Å². The summed E-state index contributed by atoms with van der Waals surface area (Å²) in [5.74, 6) is 1.61. The fraction of sp³-hybridized carbons (Fsp3) is 0.118. The fourth-order valence-corrected chi connectivity index (χ4v) is 3.41. The summed E-state index contributed by atoms with van der Waals surface area (Å²) in [6, 6.07) is 15.5. The van der Waals surface area contributed by atoms with Gasteiger partial charge in [0.2, 0.25) is 4.96 Å². The van der Waals surface area contributed by atoms with Crippen LogP contribution in [0.15, 0.2) is 48.5 Å². The largest absolute Gasteiger partial charge is 0.497 e. The number of hydrogen-bond acceptors (Lipinski definition) is 5. The molecule has 0 saturated heterocycles. The van der Waals surface area contributed by atoms with Gasteiger partial charge in [-0.1, -0.05) is 47.2 Å². The lowest BCUT2D eigenvalue weighted by molar-refractivity contribution is 0.415. The summed E-state index contributed by atoms with van der Waals surface area (Å²) in [4.78, 5) is 0.775. The van der Waals surface area contributed by atoms with Gasteiger partial charge >= 0.3 is 0 Å². The van der Waals surface area contributed by atoms with Crippen molar-refractivity contribution in [3.63, 3.8) is 0 Å². The summed E-state index contributed by atoms with van der Waals surface area (Å²) in [5.41, 5.74) is 2.12. The Bertz CT molecular complexity index is 993. The van der Waals surface area contributed by atoms with E-state index in [1.165, 1.54) is 11.3 Å². The highest BCUT2D eigenvalue weighted by molar-refractivity contribution is 7.19. The average Bonchev–Trinajstić information content (AvgIpc) is 3.19. The normalized spacial score (nSPS) is 11.1. The van der Waals surface area contributed by atoms with Gasteiger partial charge in [0, 0.05) is 17.0 Å². The molecule has 0 amide bonds. The van der Waals surface area contributed by atoms with E-state index in [0.717, 1.165) is 37.7 Å². The molecule has 24 heavy (non-hydrogen) atoms. The molecule has 0 atom stereocenters. The maximum Gasteiger partial charge on any atom is 0.234 e. The van der Waals surface area contributed by atoms with Crippen LogP contribution in [0.25, 0.3) is 15.5 Å². The molecular weight excluding hydrogens is 344 g/mol. The molecule has 5 nitrogen and oxygen atoms in total. The Morgan fingerprint density at radius 3 is 2.75 bits per heavy atom. The Morgan fingerprint density at radius 1 is 1.12 bits per heavy atom. The highest BCUT2D eigenvalue weighted by Crippen LogP contribution is 2.28. The fourth-order valence-electron chi connectivity index (χ4n) is 2.43. The molecule has 120 valence electrons. The van der Waals surface area contributed by atoms with Crippen LogP contribution in [0.4, 0.5) is 0 Å². The van der Waals surface area contributed by atoms with E-state index in [0.29, 0.717) is 6.42 Å². The molecule has 2 aromatic heterocycles. The van der Waals surface area contributed by atoms with E-state index in [4.69, 9.17) is 16.3 Å². The Hall–Kier alpha value is -2.44. The van der Waals surface area contributed by atoms with Crippen molar-refractivity contribution in [2.24, 2.45) is 0 Å². The molecule has 0 bridgehead atoms. The molecule has 0 aliphatic rings. The van der Waals surface area contributed by atoms with Gasteiger partial charge in [0.25, 0.3) is 0 Å². The first-order valence-electron chi connectivity index (χ1n) is 7.33. The van der Waals surface area contributed by atoms with Crippen LogP contribution >= 0.6 is 22.9 Å². The summed E-state index contributed by atoms with van der Waals surface area (Å²) < 4.78 is 7.08. The maximum absolute atomic E-state index is 5.93. The Balaban J connectivity index is 1.69. The predicted molar refractivity (Wildman–Crippen MR) is 94.9 cm³/mol. The first-order chi connectivity index (χ1) is 11.7. The van der Waals surface area contributed by atoms with Gasteiger partial charge in [0.15, 0.2) is 5.82 Å². The van der Waals surface area contributed by atoms with Gasteiger partial charge in [-0.3, -0.25) is 0 Å². The van der Waals surface area contributed by atoms with Gasteiger partial charge < -0.3 is 4.74 Å².